The van der Waals surface area contributed by atoms with Gasteiger partial charge in [0.05, 0.1) is 6.04 Å². The van der Waals surface area contributed by atoms with Gasteiger partial charge in [-0.05, 0) is 37.5 Å². The fourth-order valence-corrected chi connectivity index (χ4v) is 3.55. The molecule has 0 aromatic carbocycles. The minimum Gasteiger partial charge on any atom is -0.338 e. The summed E-state index contributed by atoms with van der Waals surface area (Å²) >= 11 is 0. The van der Waals surface area contributed by atoms with Crippen molar-refractivity contribution in [1.82, 2.24) is 15.5 Å². The van der Waals surface area contributed by atoms with Gasteiger partial charge < -0.3 is 9.84 Å². The van der Waals surface area contributed by atoms with Crippen LogP contribution < -0.4 is 5.32 Å². The SMILES string of the molecule is CC(C)Cc1noc(C2CCC3CCCCC3N2)n1. The lowest BCUT2D eigenvalue weighted by Crippen LogP contribution is -2.44. The number of hydrogen-bond acceptors (Lipinski definition) is 4. The molecule has 2 fully saturated rings. The van der Waals surface area contributed by atoms with Gasteiger partial charge in [0.25, 0.3) is 0 Å². The lowest BCUT2D eigenvalue weighted by atomic mass is 9.78. The van der Waals surface area contributed by atoms with Crippen molar-refractivity contribution in [3.8, 4) is 0 Å². The van der Waals surface area contributed by atoms with Crippen LogP contribution in [-0.2, 0) is 6.42 Å². The smallest absolute Gasteiger partial charge is 0.243 e. The summed E-state index contributed by atoms with van der Waals surface area (Å²) < 4.78 is 5.46. The molecule has 0 amide bonds. The molecule has 1 aliphatic carbocycles. The Morgan fingerprint density at radius 2 is 2.05 bits per heavy atom. The largest absolute Gasteiger partial charge is 0.338 e. The molecule has 106 valence electrons. The fraction of sp³-hybridized carbons (Fsp3) is 0.867. The maximum Gasteiger partial charge on any atom is 0.243 e. The van der Waals surface area contributed by atoms with Crippen LogP contribution in [0.5, 0.6) is 0 Å². The van der Waals surface area contributed by atoms with E-state index in [1.54, 1.807) is 0 Å². The number of nitrogens with one attached hydrogen (secondary N) is 1. The summed E-state index contributed by atoms with van der Waals surface area (Å²) in [5.41, 5.74) is 0. The second-order valence-corrected chi connectivity index (χ2v) is 6.59. The second kappa shape index (κ2) is 5.61. The maximum absolute atomic E-state index is 5.46. The molecule has 0 bridgehead atoms. The summed E-state index contributed by atoms with van der Waals surface area (Å²) in [4.78, 5) is 4.57. The molecular formula is C15H25N3O. The van der Waals surface area contributed by atoms with Crippen LogP contribution in [0.2, 0.25) is 0 Å². The average molecular weight is 263 g/mol. The molecule has 3 rings (SSSR count). The van der Waals surface area contributed by atoms with E-state index in [2.05, 4.69) is 29.3 Å². The maximum atomic E-state index is 5.46. The summed E-state index contributed by atoms with van der Waals surface area (Å²) in [5.74, 6) is 3.12. The molecule has 1 aliphatic heterocycles. The number of piperidine rings is 1. The van der Waals surface area contributed by atoms with E-state index in [-0.39, 0.29) is 6.04 Å². The van der Waals surface area contributed by atoms with E-state index < -0.39 is 0 Å². The minimum atomic E-state index is 0.285. The quantitative estimate of drug-likeness (QED) is 0.909. The van der Waals surface area contributed by atoms with Crippen molar-refractivity contribution in [3.63, 3.8) is 0 Å². The van der Waals surface area contributed by atoms with Crippen LogP contribution in [0.25, 0.3) is 0 Å². The molecule has 1 aromatic heterocycles. The molecule has 4 nitrogen and oxygen atoms in total. The summed E-state index contributed by atoms with van der Waals surface area (Å²) in [6.07, 6.45) is 8.84. The van der Waals surface area contributed by atoms with Crippen LogP contribution >= 0.6 is 0 Å². The molecular weight excluding hydrogens is 238 g/mol. The highest BCUT2D eigenvalue weighted by atomic mass is 16.5. The van der Waals surface area contributed by atoms with Crippen molar-refractivity contribution >= 4 is 0 Å². The molecule has 3 unspecified atom stereocenters. The van der Waals surface area contributed by atoms with Crippen molar-refractivity contribution in [2.75, 3.05) is 0 Å². The third kappa shape index (κ3) is 2.99. The van der Waals surface area contributed by atoms with Gasteiger partial charge >= 0.3 is 0 Å². The van der Waals surface area contributed by atoms with E-state index in [0.717, 1.165) is 30.5 Å². The first-order valence-electron chi connectivity index (χ1n) is 7.81. The third-order valence-corrected chi connectivity index (χ3v) is 4.52. The Bertz CT molecular complexity index is 415. The zero-order chi connectivity index (χ0) is 13.2. The number of rotatable bonds is 3. The number of hydrogen-bond donors (Lipinski definition) is 1. The van der Waals surface area contributed by atoms with Gasteiger partial charge in [-0.3, -0.25) is 0 Å². The predicted molar refractivity (Wildman–Crippen MR) is 73.7 cm³/mol. The Morgan fingerprint density at radius 1 is 1.21 bits per heavy atom. The lowest BCUT2D eigenvalue weighted by Gasteiger charge is -2.39. The number of fused-ring (bicyclic) bond motifs is 1. The van der Waals surface area contributed by atoms with E-state index in [0.29, 0.717) is 12.0 Å². The summed E-state index contributed by atoms with van der Waals surface area (Å²) in [6.45, 7) is 4.36. The zero-order valence-electron chi connectivity index (χ0n) is 12.1. The first-order chi connectivity index (χ1) is 9.22. The molecule has 0 spiro atoms. The summed E-state index contributed by atoms with van der Waals surface area (Å²) in [7, 11) is 0. The van der Waals surface area contributed by atoms with Crippen LogP contribution in [0.3, 0.4) is 0 Å². The Morgan fingerprint density at radius 3 is 2.89 bits per heavy atom. The van der Waals surface area contributed by atoms with Gasteiger partial charge in [-0.25, -0.2) is 0 Å². The van der Waals surface area contributed by atoms with Gasteiger partial charge in [0, 0.05) is 12.5 Å². The van der Waals surface area contributed by atoms with Crippen LogP contribution in [0.1, 0.15) is 70.1 Å². The van der Waals surface area contributed by atoms with Crippen LogP contribution in [-0.4, -0.2) is 16.2 Å². The highest BCUT2D eigenvalue weighted by Gasteiger charge is 2.34. The van der Waals surface area contributed by atoms with Crippen LogP contribution in [0, 0.1) is 11.8 Å². The van der Waals surface area contributed by atoms with E-state index in [1.165, 1.54) is 32.1 Å². The van der Waals surface area contributed by atoms with Gasteiger partial charge in [-0.1, -0.05) is 31.8 Å². The molecule has 3 atom stereocenters. The summed E-state index contributed by atoms with van der Waals surface area (Å²) in [6, 6.07) is 0.959. The van der Waals surface area contributed by atoms with Gasteiger partial charge in [0.15, 0.2) is 5.82 Å². The molecule has 1 saturated heterocycles. The van der Waals surface area contributed by atoms with E-state index in [1.807, 2.05) is 0 Å². The van der Waals surface area contributed by atoms with Crippen molar-refractivity contribution in [3.05, 3.63) is 11.7 Å². The molecule has 1 saturated carbocycles. The standard InChI is InChI=1S/C15H25N3O/c1-10(2)9-14-17-15(19-18-14)13-8-7-11-5-3-4-6-12(11)16-13/h10-13,16H,3-9H2,1-2H3. The number of nitrogens with zero attached hydrogens (tertiary/aromatic N) is 2. The molecule has 0 radical (unpaired) electrons. The van der Waals surface area contributed by atoms with Gasteiger partial charge in [-0.2, -0.15) is 4.98 Å². The molecule has 19 heavy (non-hydrogen) atoms. The second-order valence-electron chi connectivity index (χ2n) is 6.59. The van der Waals surface area contributed by atoms with E-state index in [9.17, 15) is 0 Å². The Hall–Kier alpha value is -0.900. The Labute approximate surface area is 115 Å². The van der Waals surface area contributed by atoms with Crippen molar-refractivity contribution in [2.45, 2.75) is 70.9 Å². The molecule has 4 heteroatoms. The average Bonchev–Trinajstić information content (AvgIpc) is 2.86. The first-order valence-corrected chi connectivity index (χ1v) is 7.81. The predicted octanol–water partition coefficient (Wildman–Crippen LogP) is 3.25. The van der Waals surface area contributed by atoms with Crippen LogP contribution in [0.4, 0.5) is 0 Å². The monoisotopic (exact) mass is 263 g/mol. The topological polar surface area (TPSA) is 51.0 Å². The lowest BCUT2D eigenvalue weighted by molar-refractivity contribution is 0.158. The molecule has 2 aliphatic rings. The van der Waals surface area contributed by atoms with E-state index in [4.69, 9.17) is 4.52 Å². The fourth-order valence-electron chi connectivity index (χ4n) is 3.55. The van der Waals surface area contributed by atoms with Crippen molar-refractivity contribution in [1.29, 1.82) is 0 Å². The minimum absolute atomic E-state index is 0.285. The van der Waals surface area contributed by atoms with Gasteiger partial charge in [0.2, 0.25) is 5.89 Å². The Balaban J connectivity index is 1.64. The zero-order valence-corrected chi connectivity index (χ0v) is 12.1. The normalized spacial score (nSPS) is 31.4. The highest BCUT2D eigenvalue weighted by molar-refractivity contribution is 4.99. The Kier molecular flexibility index (Phi) is 3.87. The molecule has 1 N–H and O–H groups in total. The first kappa shape index (κ1) is 13.1. The van der Waals surface area contributed by atoms with Crippen molar-refractivity contribution in [2.24, 2.45) is 11.8 Å². The third-order valence-electron chi connectivity index (χ3n) is 4.52. The van der Waals surface area contributed by atoms with E-state index >= 15 is 0 Å². The molecule has 2 heterocycles. The molecule has 1 aromatic rings. The number of aromatic nitrogens is 2. The summed E-state index contributed by atoms with van der Waals surface area (Å²) in [5, 5.41) is 7.85. The highest BCUT2D eigenvalue weighted by Crippen LogP contribution is 2.36. The van der Waals surface area contributed by atoms with Gasteiger partial charge in [-0.15, -0.1) is 0 Å². The van der Waals surface area contributed by atoms with Crippen molar-refractivity contribution < 1.29 is 4.52 Å². The van der Waals surface area contributed by atoms with Gasteiger partial charge in [0.1, 0.15) is 0 Å². The van der Waals surface area contributed by atoms with Crippen LogP contribution in [0.15, 0.2) is 4.52 Å².